The first kappa shape index (κ1) is 67.6. The van der Waals surface area contributed by atoms with Crippen molar-refractivity contribution in [3.05, 3.63) is 85.1 Å². The summed E-state index contributed by atoms with van der Waals surface area (Å²) in [6.45, 7) is 6.56. The first-order chi connectivity index (χ1) is 35.0. The normalized spacial score (nSPS) is 12.7. The van der Waals surface area contributed by atoms with Gasteiger partial charge in [-0.25, -0.2) is 0 Å². The van der Waals surface area contributed by atoms with Gasteiger partial charge in [0.05, 0.1) is 0 Å². The van der Waals surface area contributed by atoms with Crippen LogP contribution in [0.3, 0.4) is 0 Å². The highest BCUT2D eigenvalue weighted by molar-refractivity contribution is 5.71. The van der Waals surface area contributed by atoms with E-state index in [1.54, 1.807) is 0 Å². The molecule has 0 bridgehead atoms. The van der Waals surface area contributed by atoms with Gasteiger partial charge in [0.25, 0.3) is 0 Å². The summed E-state index contributed by atoms with van der Waals surface area (Å²) < 4.78 is 16.8. The number of hydrogen-bond acceptors (Lipinski definition) is 6. The maximum atomic E-state index is 12.9. The van der Waals surface area contributed by atoms with Gasteiger partial charge in [0, 0.05) is 19.3 Å². The van der Waals surface area contributed by atoms with Gasteiger partial charge in [0.15, 0.2) is 6.10 Å². The van der Waals surface area contributed by atoms with Gasteiger partial charge in [-0.1, -0.05) is 241 Å². The minimum Gasteiger partial charge on any atom is -0.462 e. The molecular weight excluding hydrogens is 877 g/mol. The second-order valence-electron chi connectivity index (χ2n) is 19.9. The molecule has 0 heterocycles. The summed E-state index contributed by atoms with van der Waals surface area (Å²) in [7, 11) is 0. The van der Waals surface area contributed by atoms with Crippen LogP contribution in [0.5, 0.6) is 0 Å². The molecule has 0 saturated carbocycles. The zero-order valence-electron chi connectivity index (χ0n) is 46.7. The van der Waals surface area contributed by atoms with E-state index >= 15 is 0 Å². The molecule has 0 aliphatic rings. The van der Waals surface area contributed by atoms with Crippen LogP contribution in [0.1, 0.15) is 290 Å². The molecule has 0 spiro atoms. The van der Waals surface area contributed by atoms with Crippen molar-refractivity contribution in [3.8, 4) is 0 Å². The second kappa shape index (κ2) is 59.2. The van der Waals surface area contributed by atoms with Crippen LogP contribution in [-0.2, 0) is 28.6 Å². The van der Waals surface area contributed by atoms with Crippen molar-refractivity contribution in [2.24, 2.45) is 0 Å². The van der Waals surface area contributed by atoms with Gasteiger partial charge in [0.1, 0.15) is 13.2 Å². The molecule has 0 amide bonds. The van der Waals surface area contributed by atoms with E-state index in [0.717, 1.165) is 83.5 Å². The molecule has 0 N–H and O–H groups in total. The van der Waals surface area contributed by atoms with Crippen molar-refractivity contribution in [1.29, 1.82) is 0 Å². The van der Waals surface area contributed by atoms with Crippen molar-refractivity contribution in [3.63, 3.8) is 0 Å². The maximum Gasteiger partial charge on any atom is 0.306 e. The summed E-state index contributed by atoms with van der Waals surface area (Å²) in [6.07, 6.45) is 77.2. The lowest BCUT2D eigenvalue weighted by molar-refractivity contribution is -0.167. The highest BCUT2D eigenvalue weighted by Crippen LogP contribution is 2.15. The van der Waals surface area contributed by atoms with Gasteiger partial charge in [-0.2, -0.15) is 0 Å². The Bertz CT molecular complexity index is 1370. The Morgan fingerprint density at radius 3 is 0.887 bits per heavy atom. The average molecular weight is 990 g/mol. The third-order valence-corrected chi connectivity index (χ3v) is 12.8. The topological polar surface area (TPSA) is 78.9 Å². The quantitative estimate of drug-likeness (QED) is 0.0261. The molecule has 0 radical (unpaired) electrons. The average Bonchev–Trinajstić information content (AvgIpc) is 3.37. The largest absolute Gasteiger partial charge is 0.462 e. The van der Waals surface area contributed by atoms with E-state index in [1.165, 1.54) is 161 Å². The monoisotopic (exact) mass is 989 g/mol. The summed E-state index contributed by atoms with van der Waals surface area (Å²) >= 11 is 0. The van der Waals surface area contributed by atoms with E-state index in [0.29, 0.717) is 19.3 Å². The molecule has 0 saturated heterocycles. The molecule has 0 aliphatic carbocycles. The summed E-state index contributed by atoms with van der Waals surface area (Å²) in [4.78, 5) is 38.2. The van der Waals surface area contributed by atoms with E-state index in [-0.39, 0.29) is 37.5 Å². The number of rotatable bonds is 54. The van der Waals surface area contributed by atoms with Crippen molar-refractivity contribution >= 4 is 17.9 Å². The number of carbonyl (C=O) groups is 3. The van der Waals surface area contributed by atoms with Crippen LogP contribution in [0.15, 0.2) is 85.1 Å². The maximum absolute atomic E-state index is 12.9. The fourth-order valence-corrected chi connectivity index (χ4v) is 8.28. The molecule has 0 aromatic carbocycles. The van der Waals surface area contributed by atoms with Crippen LogP contribution in [0.2, 0.25) is 0 Å². The highest BCUT2D eigenvalue weighted by Gasteiger charge is 2.19. The number of esters is 3. The summed E-state index contributed by atoms with van der Waals surface area (Å²) in [5.41, 5.74) is 0. The number of ether oxygens (including phenoxy) is 3. The van der Waals surface area contributed by atoms with Gasteiger partial charge in [0.2, 0.25) is 0 Å². The van der Waals surface area contributed by atoms with Crippen LogP contribution in [0, 0.1) is 0 Å². The first-order valence-corrected chi connectivity index (χ1v) is 30.1. The summed E-state index contributed by atoms with van der Waals surface area (Å²) in [5, 5.41) is 0. The van der Waals surface area contributed by atoms with E-state index in [1.807, 2.05) is 0 Å². The van der Waals surface area contributed by atoms with E-state index in [4.69, 9.17) is 14.2 Å². The number of allylic oxidation sites excluding steroid dienone is 14. The van der Waals surface area contributed by atoms with E-state index < -0.39 is 6.10 Å². The van der Waals surface area contributed by atoms with Gasteiger partial charge in [-0.05, 0) is 116 Å². The molecule has 1 atom stereocenters. The standard InChI is InChI=1S/C65H112O6/c1-4-7-10-13-16-19-22-25-28-31-32-35-38-41-44-47-50-53-56-59-65(68)71-62(60-69-63(66)57-54-51-48-45-42-39-36-33-29-26-23-20-17-14-11-8-5-2)61-70-64(67)58-55-52-49-46-43-40-37-34-30-27-24-21-18-15-12-9-6-3/h17,20,25-30,36-37,39-40,46,49,62H,4-16,18-19,21-24,31-35,38,41-45,47-48,50-61H2,1-3H3/b20-17-,28-25-,29-26-,30-27-,39-36-,40-37-,49-46-/t62-/m1/s1. The lowest BCUT2D eigenvalue weighted by Gasteiger charge is -2.18. The van der Waals surface area contributed by atoms with Crippen LogP contribution in [0.4, 0.5) is 0 Å². The molecule has 6 heteroatoms. The fourth-order valence-electron chi connectivity index (χ4n) is 8.28. The predicted octanol–water partition coefficient (Wildman–Crippen LogP) is 20.3. The Hall–Kier alpha value is -3.41. The van der Waals surface area contributed by atoms with Crippen LogP contribution >= 0.6 is 0 Å². The molecule has 408 valence electrons. The van der Waals surface area contributed by atoms with Gasteiger partial charge >= 0.3 is 17.9 Å². The summed E-state index contributed by atoms with van der Waals surface area (Å²) in [5.74, 6) is -0.972. The van der Waals surface area contributed by atoms with Gasteiger partial charge in [-0.15, -0.1) is 0 Å². The Morgan fingerprint density at radius 2 is 0.521 bits per heavy atom. The SMILES string of the molecule is CCCCC/C=C\C/C=C\C/C=C\CCCCCCC(=O)OC[C@H](COC(=O)CCC/C=C\C/C=C\C/C=C\CCCCCCCC)OC(=O)CCCCCCCCCCC/C=C\CCCCCCCC. The Labute approximate surface area is 439 Å². The van der Waals surface area contributed by atoms with Crippen LogP contribution < -0.4 is 0 Å². The Balaban J connectivity index is 4.49. The highest BCUT2D eigenvalue weighted by atomic mass is 16.6. The number of unbranched alkanes of at least 4 members (excludes halogenated alkanes) is 29. The number of carbonyl (C=O) groups excluding carboxylic acids is 3. The zero-order valence-corrected chi connectivity index (χ0v) is 46.7. The minimum absolute atomic E-state index is 0.104. The Kier molecular flexibility index (Phi) is 56.3. The van der Waals surface area contributed by atoms with Gasteiger partial charge < -0.3 is 14.2 Å². The van der Waals surface area contributed by atoms with Gasteiger partial charge in [-0.3, -0.25) is 14.4 Å². The third-order valence-electron chi connectivity index (χ3n) is 12.8. The van der Waals surface area contributed by atoms with Crippen molar-refractivity contribution in [2.75, 3.05) is 13.2 Å². The van der Waals surface area contributed by atoms with Crippen LogP contribution in [0.25, 0.3) is 0 Å². The minimum atomic E-state index is -0.808. The van der Waals surface area contributed by atoms with Crippen molar-refractivity contribution in [1.82, 2.24) is 0 Å². The Morgan fingerprint density at radius 1 is 0.282 bits per heavy atom. The molecule has 71 heavy (non-hydrogen) atoms. The lowest BCUT2D eigenvalue weighted by atomic mass is 10.1. The third kappa shape index (κ3) is 57.4. The first-order valence-electron chi connectivity index (χ1n) is 30.1. The molecule has 0 fully saturated rings. The predicted molar refractivity (Wildman–Crippen MR) is 307 cm³/mol. The van der Waals surface area contributed by atoms with E-state index in [9.17, 15) is 14.4 Å². The van der Waals surface area contributed by atoms with Crippen molar-refractivity contribution < 1.29 is 28.6 Å². The molecule has 0 aliphatic heterocycles. The molecular formula is C65H112O6. The number of hydrogen-bond donors (Lipinski definition) is 0. The molecule has 0 aromatic heterocycles. The second-order valence-corrected chi connectivity index (χ2v) is 19.9. The zero-order chi connectivity index (χ0) is 51.4. The molecule has 0 rings (SSSR count). The van der Waals surface area contributed by atoms with Crippen molar-refractivity contribution in [2.45, 2.75) is 297 Å². The summed E-state index contributed by atoms with van der Waals surface area (Å²) in [6, 6.07) is 0. The lowest BCUT2D eigenvalue weighted by Crippen LogP contribution is -2.30. The smallest absolute Gasteiger partial charge is 0.306 e. The molecule has 6 nitrogen and oxygen atoms in total. The van der Waals surface area contributed by atoms with Crippen LogP contribution in [-0.4, -0.2) is 37.2 Å². The molecule has 0 aromatic rings. The molecule has 0 unspecified atom stereocenters. The van der Waals surface area contributed by atoms with E-state index in [2.05, 4.69) is 106 Å². The fraction of sp³-hybridized carbons (Fsp3) is 0.738.